The zero-order chi connectivity index (χ0) is 17.6. The van der Waals surface area contributed by atoms with Gasteiger partial charge in [-0.2, -0.15) is 5.10 Å². The fourth-order valence-corrected chi connectivity index (χ4v) is 2.69. The minimum Gasteiger partial charge on any atom is -0.378 e. The van der Waals surface area contributed by atoms with Gasteiger partial charge in [0.15, 0.2) is 0 Å². The number of nitrogens with one attached hydrogen (secondary N) is 1. The topological polar surface area (TPSA) is 53.9 Å². The molecule has 6 heteroatoms. The highest BCUT2D eigenvalue weighted by Crippen LogP contribution is 2.19. The lowest BCUT2D eigenvalue weighted by Gasteiger charge is -2.29. The van der Waals surface area contributed by atoms with Crippen molar-refractivity contribution in [1.82, 2.24) is 5.43 Å². The van der Waals surface area contributed by atoms with E-state index in [9.17, 15) is 9.18 Å². The number of hydrazone groups is 1. The van der Waals surface area contributed by atoms with E-state index >= 15 is 0 Å². The molecule has 5 nitrogen and oxygen atoms in total. The normalized spacial score (nSPS) is 14.7. The van der Waals surface area contributed by atoms with Gasteiger partial charge in [-0.25, -0.2) is 9.82 Å². The zero-order valence-corrected chi connectivity index (χ0v) is 14.0. The zero-order valence-electron chi connectivity index (χ0n) is 14.0. The molecule has 1 aliphatic rings. The summed E-state index contributed by atoms with van der Waals surface area (Å²) in [4.78, 5) is 14.2. The maximum absolute atomic E-state index is 13.5. The molecule has 0 bridgehead atoms. The second-order valence-corrected chi connectivity index (χ2v) is 5.82. The summed E-state index contributed by atoms with van der Waals surface area (Å²) in [5.74, 6) is -1.14. The van der Waals surface area contributed by atoms with Crippen LogP contribution in [0.4, 0.5) is 10.1 Å². The quantitative estimate of drug-likeness (QED) is 0.687. The third-order valence-electron chi connectivity index (χ3n) is 4.12. The molecule has 0 spiro atoms. The number of halogens is 1. The summed E-state index contributed by atoms with van der Waals surface area (Å²) in [5.41, 5.74) is 5.42. The van der Waals surface area contributed by atoms with E-state index in [2.05, 4.69) is 21.5 Å². The molecular weight excluding hydrogens is 321 g/mol. The van der Waals surface area contributed by atoms with E-state index < -0.39 is 11.7 Å². The summed E-state index contributed by atoms with van der Waals surface area (Å²) in [7, 11) is 0. The largest absolute Gasteiger partial charge is 0.378 e. The standard InChI is InChI=1S/C19H20FN3O2/c1-14-12-16(23-8-10-25-11-9-23)7-6-15(14)13-21-22-19(24)17-4-2-3-5-18(17)20/h2-7,12-13H,8-11H2,1H3,(H,22,24)/b21-13-. The van der Waals surface area contributed by atoms with Crippen LogP contribution in [0.5, 0.6) is 0 Å². The van der Waals surface area contributed by atoms with Crippen LogP contribution in [0.2, 0.25) is 0 Å². The first kappa shape index (κ1) is 17.1. The number of morpholine rings is 1. The third kappa shape index (κ3) is 4.22. The molecule has 1 fully saturated rings. The molecule has 0 atom stereocenters. The van der Waals surface area contributed by atoms with Gasteiger partial charge < -0.3 is 9.64 Å². The van der Waals surface area contributed by atoms with Gasteiger partial charge in [-0.15, -0.1) is 0 Å². The number of hydrogen-bond donors (Lipinski definition) is 1. The molecule has 1 saturated heterocycles. The van der Waals surface area contributed by atoms with Crippen molar-refractivity contribution in [2.24, 2.45) is 5.10 Å². The molecule has 0 unspecified atom stereocenters. The summed E-state index contributed by atoms with van der Waals surface area (Å²) in [6, 6.07) is 11.9. The van der Waals surface area contributed by atoms with Crippen molar-refractivity contribution in [1.29, 1.82) is 0 Å². The molecule has 2 aromatic rings. The van der Waals surface area contributed by atoms with E-state index in [1.165, 1.54) is 18.2 Å². The van der Waals surface area contributed by atoms with Crippen LogP contribution >= 0.6 is 0 Å². The Morgan fingerprint density at radius 1 is 1.24 bits per heavy atom. The molecule has 2 aromatic carbocycles. The van der Waals surface area contributed by atoms with E-state index in [0.717, 1.165) is 43.1 Å². The molecule has 130 valence electrons. The third-order valence-corrected chi connectivity index (χ3v) is 4.12. The summed E-state index contributed by atoms with van der Waals surface area (Å²) in [6.45, 7) is 5.23. The van der Waals surface area contributed by atoms with Gasteiger partial charge in [-0.3, -0.25) is 4.79 Å². The van der Waals surface area contributed by atoms with Gasteiger partial charge in [0, 0.05) is 18.8 Å². The first-order valence-corrected chi connectivity index (χ1v) is 8.16. The molecular formula is C19H20FN3O2. The number of amides is 1. The minimum atomic E-state index is -0.572. The molecule has 0 aromatic heterocycles. The average Bonchev–Trinajstić information content (AvgIpc) is 2.64. The molecule has 1 N–H and O–H groups in total. The lowest BCUT2D eigenvalue weighted by Crippen LogP contribution is -2.36. The summed E-state index contributed by atoms with van der Waals surface area (Å²) in [5, 5.41) is 3.94. The molecule has 1 heterocycles. The van der Waals surface area contributed by atoms with Crippen LogP contribution in [0.3, 0.4) is 0 Å². The van der Waals surface area contributed by atoms with Crippen LogP contribution in [0, 0.1) is 12.7 Å². The monoisotopic (exact) mass is 341 g/mol. The maximum atomic E-state index is 13.5. The number of nitrogens with zero attached hydrogens (tertiary/aromatic N) is 2. The summed E-state index contributed by atoms with van der Waals surface area (Å²) in [6.07, 6.45) is 1.57. The van der Waals surface area contributed by atoms with Crippen LogP contribution < -0.4 is 10.3 Å². The average molecular weight is 341 g/mol. The van der Waals surface area contributed by atoms with Crippen molar-refractivity contribution < 1.29 is 13.9 Å². The number of benzene rings is 2. The van der Waals surface area contributed by atoms with Gasteiger partial charge in [0.2, 0.25) is 0 Å². The van der Waals surface area contributed by atoms with Crippen molar-refractivity contribution in [3.05, 3.63) is 65.0 Å². The van der Waals surface area contributed by atoms with Gasteiger partial charge in [0.1, 0.15) is 5.82 Å². The Labute approximate surface area is 146 Å². The highest BCUT2D eigenvalue weighted by molar-refractivity contribution is 5.95. The highest BCUT2D eigenvalue weighted by atomic mass is 19.1. The number of hydrogen-bond acceptors (Lipinski definition) is 4. The number of anilines is 1. The molecule has 0 aliphatic carbocycles. The first-order chi connectivity index (χ1) is 12.1. The number of ether oxygens (including phenoxy) is 1. The van der Waals surface area contributed by atoms with Crippen LogP contribution in [0.25, 0.3) is 0 Å². The molecule has 0 saturated carbocycles. The Morgan fingerprint density at radius 3 is 2.72 bits per heavy atom. The Kier molecular flexibility index (Phi) is 5.40. The predicted octanol–water partition coefficient (Wildman–Crippen LogP) is 2.73. The number of aryl methyl sites for hydroxylation is 1. The van der Waals surface area contributed by atoms with Crippen molar-refractivity contribution in [3.8, 4) is 0 Å². The van der Waals surface area contributed by atoms with Gasteiger partial charge in [0.05, 0.1) is 25.0 Å². The minimum absolute atomic E-state index is 0.0287. The fourth-order valence-electron chi connectivity index (χ4n) is 2.69. The van der Waals surface area contributed by atoms with E-state index in [-0.39, 0.29) is 5.56 Å². The summed E-state index contributed by atoms with van der Waals surface area (Å²) >= 11 is 0. The first-order valence-electron chi connectivity index (χ1n) is 8.16. The Balaban J connectivity index is 1.65. The predicted molar refractivity (Wildman–Crippen MR) is 95.7 cm³/mol. The Morgan fingerprint density at radius 2 is 2.00 bits per heavy atom. The van der Waals surface area contributed by atoms with E-state index in [0.29, 0.717) is 0 Å². The van der Waals surface area contributed by atoms with Crippen molar-refractivity contribution in [3.63, 3.8) is 0 Å². The van der Waals surface area contributed by atoms with Crippen LogP contribution in [-0.2, 0) is 4.74 Å². The number of carbonyl (C=O) groups excluding carboxylic acids is 1. The van der Waals surface area contributed by atoms with Crippen molar-refractivity contribution in [2.75, 3.05) is 31.2 Å². The van der Waals surface area contributed by atoms with E-state index in [1.54, 1.807) is 12.3 Å². The molecule has 0 radical (unpaired) electrons. The van der Waals surface area contributed by atoms with Crippen LogP contribution in [0.1, 0.15) is 21.5 Å². The van der Waals surface area contributed by atoms with Gasteiger partial charge >= 0.3 is 0 Å². The van der Waals surface area contributed by atoms with Gasteiger partial charge in [-0.05, 0) is 42.3 Å². The molecule has 1 aliphatic heterocycles. The number of rotatable bonds is 4. The van der Waals surface area contributed by atoms with Crippen molar-refractivity contribution in [2.45, 2.75) is 6.92 Å². The second-order valence-electron chi connectivity index (χ2n) is 5.82. The van der Waals surface area contributed by atoms with Crippen LogP contribution in [0.15, 0.2) is 47.6 Å². The Bertz CT molecular complexity index is 786. The lowest BCUT2D eigenvalue weighted by atomic mass is 10.1. The summed E-state index contributed by atoms with van der Waals surface area (Å²) < 4.78 is 18.9. The lowest BCUT2D eigenvalue weighted by molar-refractivity contribution is 0.0951. The fraction of sp³-hybridized carbons (Fsp3) is 0.263. The molecule has 3 rings (SSSR count). The number of carbonyl (C=O) groups is 1. The Hall–Kier alpha value is -2.73. The molecule has 1 amide bonds. The van der Waals surface area contributed by atoms with E-state index in [1.807, 2.05) is 19.1 Å². The second kappa shape index (κ2) is 7.90. The highest BCUT2D eigenvalue weighted by Gasteiger charge is 2.12. The van der Waals surface area contributed by atoms with E-state index in [4.69, 9.17) is 4.74 Å². The van der Waals surface area contributed by atoms with Crippen molar-refractivity contribution >= 4 is 17.8 Å². The van der Waals surface area contributed by atoms with Gasteiger partial charge in [-0.1, -0.05) is 18.2 Å². The SMILES string of the molecule is Cc1cc(N2CCOCC2)ccc1/C=N\NC(=O)c1ccccc1F. The molecule has 25 heavy (non-hydrogen) atoms. The van der Waals surface area contributed by atoms with Crippen LogP contribution in [-0.4, -0.2) is 38.4 Å². The smallest absolute Gasteiger partial charge is 0.274 e. The maximum Gasteiger partial charge on any atom is 0.274 e. The van der Waals surface area contributed by atoms with Gasteiger partial charge in [0.25, 0.3) is 5.91 Å².